The number of aromatic nitrogens is 2. The number of carbonyl (C=O) groups excluding carboxylic acids is 1. The lowest BCUT2D eigenvalue weighted by Gasteiger charge is -2.30. The first kappa shape index (κ1) is 21.0. The number of piperidine rings is 1. The van der Waals surface area contributed by atoms with E-state index < -0.39 is 12.8 Å². The Kier molecular flexibility index (Phi) is 5.97. The molecule has 0 radical (unpaired) electrons. The summed E-state index contributed by atoms with van der Waals surface area (Å²) in [6.07, 6.45) is -1.67. The number of nitrogens with zero attached hydrogens (tertiary/aromatic N) is 3. The summed E-state index contributed by atoms with van der Waals surface area (Å²) in [6.45, 7) is 0.185. The fraction of sp³-hybridized carbons (Fsp3) is 0.381. The minimum absolute atomic E-state index is 0.0605. The van der Waals surface area contributed by atoms with Crippen LogP contribution in [0.5, 0.6) is 5.88 Å². The van der Waals surface area contributed by atoms with Gasteiger partial charge in [-0.05, 0) is 30.5 Å². The minimum Gasteiger partial charge on any atom is -0.468 e. The number of hydrogen-bond acceptors (Lipinski definition) is 6. The third kappa shape index (κ3) is 5.44. The van der Waals surface area contributed by atoms with E-state index in [1.54, 1.807) is 6.07 Å². The second-order valence-electron chi connectivity index (χ2n) is 7.35. The van der Waals surface area contributed by atoms with E-state index in [0.29, 0.717) is 37.5 Å². The van der Waals surface area contributed by atoms with Gasteiger partial charge in [-0.1, -0.05) is 18.2 Å². The molecule has 164 valence electrons. The first-order valence-electron chi connectivity index (χ1n) is 9.90. The molecule has 4 rings (SSSR count). The SMILES string of the molecule is O=C(NCc1ccc(OCC(F)(F)F)nc1)C1CCN(c2nc3ccccc3o2)CC1. The van der Waals surface area contributed by atoms with Crippen LogP contribution in [0.1, 0.15) is 18.4 Å². The number of halogens is 3. The van der Waals surface area contributed by atoms with E-state index in [9.17, 15) is 18.0 Å². The van der Waals surface area contributed by atoms with Gasteiger partial charge in [-0.25, -0.2) is 4.98 Å². The maximum Gasteiger partial charge on any atom is 0.422 e. The highest BCUT2D eigenvalue weighted by atomic mass is 19.4. The van der Waals surface area contributed by atoms with Crippen molar-refractivity contribution in [3.8, 4) is 5.88 Å². The third-order valence-electron chi connectivity index (χ3n) is 5.07. The first-order valence-corrected chi connectivity index (χ1v) is 9.90. The molecule has 0 unspecified atom stereocenters. The summed E-state index contributed by atoms with van der Waals surface area (Å²) in [5, 5.41) is 2.86. The molecule has 1 fully saturated rings. The fourth-order valence-corrected chi connectivity index (χ4v) is 3.42. The quantitative estimate of drug-likeness (QED) is 0.637. The lowest BCUT2D eigenvalue weighted by molar-refractivity contribution is -0.154. The molecule has 31 heavy (non-hydrogen) atoms. The zero-order chi connectivity index (χ0) is 21.8. The van der Waals surface area contributed by atoms with Gasteiger partial charge >= 0.3 is 6.18 Å². The molecule has 0 saturated carbocycles. The number of rotatable bonds is 6. The van der Waals surface area contributed by atoms with Crippen molar-refractivity contribution in [1.82, 2.24) is 15.3 Å². The molecule has 0 aliphatic carbocycles. The van der Waals surface area contributed by atoms with E-state index in [-0.39, 0.29) is 24.2 Å². The zero-order valence-electron chi connectivity index (χ0n) is 16.6. The number of anilines is 1. The number of oxazole rings is 1. The summed E-state index contributed by atoms with van der Waals surface area (Å²) in [7, 11) is 0. The maximum absolute atomic E-state index is 12.5. The van der Waals surface area contributed by atoms with E-state index in [0.717, 1.165) is 11.1 Å². The van der Waals surface area contributed by atoms with Crippen LogP contribution in [0.15, 0.2) is 47.0 Å². The van der Waals surface area contributed by atoms with Gasteiger partial charge in [-0.2, -0.15) is 18.2 Å². The van der Waals surface area contributed by atoms with Crippen LogP contribution in [-0.2, 0) is 11.3 Å². The Hall–Kier alpha value is -3.30. The van der Waals surface area contributed by atoms with Crippen LogP contribution >= 0.6 is 0 Å². The van der Waals surface area contributed by atoms with E-state index in [4.69, 9.17) is 4.42 Å². The number of pyridine rings is 1. The Bertz CT molecular complexity index is 995. The second-order valence-corrected chi connectivity index (χ2v) is 7.35. The van der Waals surface area contributed by atoms with Gasteiger partial charge in [0.25, 0.3) is 6.01 Å². The van der Waals surface area contributed by atoms with Gasteiger partial charge in [0.15, 0.2) is 12.2 Å². The van der Waals surface area contributed by atoms with Crippen LogP contribution in [-0.4, -0.2) is 41.7 Å². The van der Waals surface area contributed by atoms with Crippen LogP contribution in [0, 0.1) is 5.92 Å². The fourth-order valence-electron chi connectivity index (χ4n) is 3.42. The Morgan fingerprint density at radius 2 is 1.97 bits per heavy atom. The summed E-state index contributed by atoms with van der Waals surface area (Å²) in [6, 6.07) is 11.1. The normalized spacial score (nSPS) is 15.3. The molecule has 2 aromatic heterocycles. The smallest absolute Gasteiger partial charge is 0.422 e. The van der Waals surface area contributed by atoms with Crippen LogP contribution < -0.4 is 15.0 Å². The molecule has 1 saturated heterocycles. The van der Waals surface area contributed by atoms with Gasteiger partial charge in [0.1, 0.15) is 5.52 Å². The van der Waals surface area contributed by atoms with Crippen molar-refractivity contribution in [3.05, 3.63) is 48.2 Å². The molecular formula is C21H21F3N4O3. The lowest BCUT2D eigenvalue weighted by Crippen LogP contribution is -2.40. The van der Waals surface area contributed by atoms with Gasteiger partial charge < -0.3 is 19.4 Å². The maximum atomic E-state index is 12.5. The molecule has 0 bridgehead atoms. The van der Waals surface area contributed by atoms with Crippen molar-refractivity contribution in [2.45, 2.75) is 25.6 Å². The van der Waals surface area contributed by atoms with Crippen LogP contribution in [0.4, 0.5) is 19.2 Å². The number of amides is 1. The highest BCUT2D eigenvalue weighted by Gasteiger charge is 2.29. The largest absolute Gasteiger partial charge is 0.468 e. The van der Waals surface area contributed by atoms with Crippen LogP contribution in [0.3, 0.4) is 0 Å². The highest BCUT2D eigenvalue weighted by Crippen LogP contribution is 2.26. The number of ether oxygens (including phenoxy) is 1. The summed E-state index contributed by atoms with van der Waals surface area (Å²) < 4.78 is 46.9. The summed E-state index contributed by atoms with van der Waals surface area (Å²) in [4.78, 5) is 22.9. The Morgan fingerprint density at radius 1 is 1.19 bits per heavy atom. The molecule has 1 aromatic carbocycles. The Morgan fingerprint density at radius 3 is 2.65 bits per heavy atom. The van der Waals surface area contributed by atoms with Crippen LogP contribution in [0.25, 0.3) is 11.1 Å². The van der Waals surface area contributed by atoms with Gasteiger partial charge in [0.05, 0.1) is 0 Å². The molecule has 1 amide bonds. The van der Waals surface area contributed by atoms with E-state index in [1.165, 1.54) is 12.3 Å². The standard InChI is InChI=1S/C21H21F3N4O3/c22-21(23,24)13-30-18-6-5-14(11-25-18)12-26-19(29)15-7-9-28(10-8-15)20-27-16-3-1-2-4-17(16)31-20/h1-6,11,15H,7-10,12-13H2,(H,26,29). The predicted molar refractivity (Wildman–Crippen MR) is 107 cm³/mol. The van der Waals surface area contributed by atoms with Crippen molar-refractivity contribution in [1.29, 1.82) is 0 Å². The molecule has 3 aromatic rings. The molecule has 7 nitrogen and oxygen atoms in total. The lowest BCUT2D eigenvalue weighted by atomic mass is 9.96. The summed E-state index contributed by atoms with van der Waals surface area (Å²) in [5.74, 6) is -0.295. The molecule has 10 heteroatoms. The van der Waals surface area contributed by atoms with Gasteiger partial charge in [0, 0.05) is 37.8 Å². The van der Waals surface area contributed by atoms with Crippen molar-refractivity contribution in [2.24, 2.45) is 5.92 Å². The third-order valence-corrected chi connectivity index (χ3v) is 5.07. The summed E-state index contributed by atoms with van der Waals surface area (Å²) >= 11 is 0. The minimum atomic E-state index is -4.41. The number of benzene rings is 1. The average molecular weight is 434 g/mol. The Labute approximate surface area is 176 Å². The molecule has 0 spiro atoms. The first-order chi connectivity index (χ1) is 14.9. The topological polar surface area (TPSA) is 80.5 Å². The predicted octanol–water partition coefficient (Wildman–Crippen LogP) is 3.70. The van der Waals surface area contributed by atoms with Crippen molar-refractivity contribution < 1.29 is 27.1 Å². The number of carbonyl (C=O) groups is 1. The average Bonchev–Trinajstić information content (AvgIpc) is 3.21. The highest BCUT2D eigenvalue weighted by molar-refractivity contribution is 5.79. The molecule has 1 N–H and O–H groups in total. The number of nitrogens with one attached hydrogen (secondary N) is 1. The second kappa shape index (κ2) is 8.83. The monoisotopic (exact) mass is 434 g/mol. The molecule has 1 aliphatic rings. The van der Waals surface area contributed by atoms with Crippen LogP contribution in [0.2, 0.25) is 0 Å². The molecular weight excluding hydrogens is 413 g/mol. The molecule has 1 aliphatic heterocycles. The summed E-state index contributed by atoms with van der Waals surface area (Å²) in [5.41, 5.74) is 2.22. The van der Waals surface area contributed by atoms with E-state index in [1.807, 2.05) is 29.2 Å². The van der Waals surface area contributed by atoms with Crippen molar-refractivity contribution in [2.75, 3.05) is 24.6 Å². The van der Waals surface area contributed by atoms with Gasteiger partial charge in [0.2, 0.25) is 11.8 Å². The van der Waals surface area contributed by atoms with Gasteiger partial charge in [-0.15, -0.1) is 0 Å². The van der Waals surface area contributed by atoms with Crippen molar-refractivity contribution in [3.63, 3.8) is 0 Å². The zero-order valence-corrected chi connectivity index (χ0v) is 16.6. The molecule has 0 atom stereocenters. The molecule has 3 heterocycles. The number of alkyl halides is 3. The number of para-hydroxylation sites is 2. The van der Waals surface area contributed by atoms with E-state index >= 15 is 0 Å². The van der Waals surface area contributed by atoms with Gasteiger partial charge in [-0.3, -0.25) is 4.79 Å². The van der Waals surface area contributed by atoms with E-state index in [2.05, 4.69) is 20.0 Å². The van der Waals surface area contributed by atoms with Crippen molar-refractivity contribution >= 4 is 23.0 Å². The number of hydrogen-bond donors (Lipinski definition) is 1. The Balaban J connectivity index is 1.23. The number of fused-ring (bicyclic) bond motifs is 1.